The maximum absolute atomic E-state index is 5.51. The summed E-state index contributed by atoms with van der Waals surface area (Å²) in [6.45, 7) is 1.60. The van der Waals surface area contributed by atoms with Crippen molar-refractivity contribution in [3.8, 4) is 5.75 Å². The molecule has 0 aliphatic carbocycles. The Morgan fingerprint density at radius 1 is 1.41 bits per heavy atom. The zero-order valence-electron chi connectivity index (χ0n) is 9.47. The van der Waals surface area contributed by atoms with Crippen molar-refractivity contribution in [2.75, 3.05) is 12.3 Å². The molecule has 1 aromatic heterocycles. The lowest BCUT2D eigenvalue weighted by Gasteiger charge is -2.04. The fraction of sp³-hybridized carbons (Fsp3) is 0.333. The largest absolute Gasteiger partial charge is 0.493 e. The van der Waals surface area contributed by atoms with E-state index in [4.69, 9.17) is 10.5 Å². The van der Waals surface area contributed by atoms with Gasteiger partial charge >= 0.3 is 0 Å². The summed E-state index contributed by atoms with van der Waals surface area (Å²) in [7, 11) is 0. The molecule has 0 radical (unpaired) electrons. The van der Waals surface area contributed by atoms with Gasteiger partial charge in [0.25, 0.3) is 0 Å². The van der Waals surface area contributed by atoms with Gasteiger partial charge in [0.2, 0.25) is 0 Å². The summed E-state index contributed by atoms with van der Waals surface area (Å²) in [5, 5.41) is 7.68. The molecule has 3 rings (SSSR count). The van der Waals surface area contributed by atoms with Crippen LogP contribution in [-0.2, 0) is 19.4 Å². The van der Waals surface area contributed by atoms with E-state index >= 15 is 0 Å². The first-order valence-electron chi connectivity index (χ1n) is 5.71. The summed E-state index contributed by atoms with van der Waals surface area (Å²) in [5.41, 5.74) is 8.11. The van der Waals surface area contributed by atoms with Gasteiger partial charge in [0.1, 0.15) is 5.75 Å². The van der Waals surface area contributed by atoms with E-state index in [1.54, 1.807) is 10.9 Å². The Balaban J connectivity index is 1.69. The second-order valence-corrected chi connectivity index (χ2v) is 4.20. The Hall–Kier alpha value is -2.04. The molecular formula is C12H14N4O. The van der Waals surface area contributed by atoms with Crippen LogP contribution in [0.2, 0.25) is 0 Å². The molecule has 0 amide bonds. The Morgan fingerprint density at radius 3 is 3.18 bits per heavy atom. The summed E-state index contributed by atoms with van der Waals surface area (Å²) in [6.07, 6.45) is 3.69. The van der Waals surface area contributed by atoms with Crippen LogP contribution in [0.25, 0.3) is 0 Å². The van der Waals surface area contributed by atoms with Gasteiger partial charge in [-0.3, -0.25) is 4.68 Å². The molecule has 0 saturated heterocycles. The molecule has 0 spiro atoms. The Morgan fingerprint density at radius 2 is 2.35 bits per heavy atom. The van der Waals surface area contributed by atoms with E-state index in [0.717, 1.165) is 31.7 Å². The summed E-state index contributed by atoms with van der Waals surface area (Å²) in [4.78, 5) is 0. The van der Waals surface area contributed by atoms with Gasteiger partial charge in [0.05, 0.1) is 12.8 Å². The topological polar surface area (TPSA) is 66.0 Å². The maximum atomic E-state index is 5.51. The minimum absolute atomic E-state index is 0.465. The van der Waals surface area contributed by atoms with Crippen molar-refractivity contribution in [1.29, 1.82) is 0 Å². The lowest BCUT2D eigenvalue weighted by Crippen LogP contribution is -2.02. The highest BCUT2D eigenvalue weighted by Crippen LogP contribution is 2.26. The van der Waals surface area contributed by atoms with Crippen molar-refractivity contribution in [3.63, 3.8) is 0 Å². The minimum atomic E-state index is 0.465. The number of hydrogen-bond acceptors (Lipinski definition) is 4. The van der Waals surface area contributed by atoms with Crippen molar-refractivity contribution in [2.45, 2.75) is 19.4 Å². The number of nitrogen functional groups attached to an aromatic ring is 1. The number of rotatable bonds is 3. The van der Waals surface area contributed by atoms with Gasteiger partial charge in [-0.15, -0.1) is 5.10 Å². The van der Waals surface area contributed by atoms with Crippen LogP contribution in [0, 0.1) is 0 Å². The first-order chi connectivity index (χ1) is 8.31. The Kier molecular flexibility index (Phi) is 2.44. The first-order valence-corrected chi connectivity index (χ1v) is 5.71. The molecule has 1 aliphatic rings. The Bertz CT molecular complexity index is 535. The van der Waals surface area contributed by atoms with Crippen molar-refractivity contribution in [3.05, 3.63) is 35.5 Å². The predicted octanol–water partition coefficient (Wildman–Crippen LogP) is 1.04. The molecule has 0 atom stereocenters. The number of aryl methyl sites for hydroxylation is 2. The SMILES string of the molecule is Nc1cn(CCc2ccc3c(c2)CCO3)nn1. The van der Waals surface area contributed by atoms with Crippen LogP contribution in [0.15, 0.2) is 24.4 Å². The van der Waals surface area contributed by atoms with E-state index in [2.05, 4.69) is 22.4 Å². The van der Waals surface area contributed by atoms with Crippen LogP contribution < -0.4 is 10.5 Å². The number of fused-ring (bicyclic) bond motifs is 1. The van der Waals surface area contributed by atoms with Crippen molar-refractivity contribution in [2.24, 2.45) is 0 Å². The molecule has 2 aromatic rings. The molecule has 1 aliphatic heterocycles. The fourth-order valence-electron chi connectivity index (χ4n) is 2.06. The van der Waals surface area contributed by atoms with Crippen LogP contribution >= 0.6 is 0 Å². The third-order valence-electron chi connectivity index (χ3n) is 2.94. The fourth-order valence-corrected chi connectivity index (χ4v) is 2.06. The number of anilines is 1. The summed E-state index contributed by atoms with van der Waals surface area (Å²) in [6, 6.07) is 6.36. The van der Waals surface area contributed by atoms with Gasteiger partial charge in [-0.25, -0.2) is 0 Å². The van der Waals surface area contributed by atoms with Gasteiger partial charge in [0, 0.05) is 13.0 Å². The number of hydrogen-bond donors (Lipinski definition) is 1. The van der Waals surface area contributed by atoms with E-state index in [-0.39, 0.29) is 0 Å². The molecule has 5 heteroatoms. The van der Waals surface area contributed by atoms with Crippen LogP contribution in [-0.4, -0.2) is 21.6 Å². The predicted molar refractivity (Wildman–Crippen MR) is 63.8 cm³/mol. The van der Waals surface area contributed by atoms with Gasteiger partial charge in [-0.2, -0.15) is 0 Å². The quantitative estimate of drug-likeness (QED) is 0.855. The molecule has 1 aromatic carbocycles. The first kappa shape index (κ1) is 10.1. The standard InChI is InChI=1S/C12H14N4O/c13-12-8-16(15-14-12)5-3-9-1-2-11-10(7-9)4-6-17-11/h1-2,7-8H,3-6,13H2. The normalized spacial score (nSPS) is 13.4. The number of nitrogens with two attached hydrogens (primary N) is 1. The van der Waals surface area contributed by atoms with Gasteiger partial charge < -0.3 is 10.5 Å². The molecule has 0 fully saturated rings. The number of aromatic nitrogens is 3. The third kappa shape index (κ3) is 2.08. The zero-order valence-corrected chi connectivity index (χ0v) is 9.47. The summed E-state index contributed by atoms with van der Waals surface area (Å²) < 4.78 is 7.24. The van der Waals surface area contributed by atoms with Gasteiger partial charge in [0.15, 0.2) is 5.82 Å². The van der Waals surface area contributed by atoms with Crippen LogP contribution in [0.4, 0.5) is 5.82 Å². The molecule has 0 unspecified atom stereocenters. The van der Waals surface area contributed by atoms with E-state index in [1.165, 1.54) is 11.1 Å². The highest BCUT2D eigenvalue weighted by molar-refractivity contribution is 5.39. The van der Waals surface area contributed by atoms with Crippen LogP contribution in [0.5, 0.6) is 5.75 Å². The zero-order chi connectivity index (χ0) is 11.7. The number of nitrogens with zero attached hydrogens (tertiary/aromatic N) is 3. The maximum Gasteiger partial charge on any atom is 0.165 e. The minimum Gasteiger partial charge on any atom is -0.493 e. The van der Waals surface area contributed by atoms with E-state index in [0.29, 0.717) is 5.82 Å². The second kappa shape index (κ2) is 4.08. The number of ether oxygens (including phenoxy) is 1. The van der Waals surface area contributed by atoms with Crippen molar-refractivity contribution >= 4 is 5.82 Å². The van der Waals surface area contributed by atoms with Gasteiger partial charge in [-0.05, 0) is 23.6 Å². The molecule has 17 heavy (non-hydrogen) atoms. The van der Waals surface area contributed by atoms with Crippen molar-refractivity contribution in [1.82, 2.24) is 15.0 Å². The van der Waals surface area contributed by atoms with E-state index < -0.39 is 0 Å². The molecule has 88 valence electrons. The summed E-state index contributed by atoms with van der Waals surface area (Å²) in [5.74, 6) is 1.49. The second-order valence-electron chi connectivity index (χ2n) is 4.20. The van der Waals surface area contributed by atoms with E-state index in [1.807, 2.05) is 6.07 Å². The average molecular weight is 230 g/mol. The monoisotopic (exact) mass is 230 g/mol. The highest BCUT2D eigenvalue weighted by Gasteiger charge is 2.11. The van der Waals surface area contributed by atoms with Crippen LogP contribution in [0.3, 0.4) is 0 Å². The lowest BCUT2D eigenvalue weighted by atomic mass is 10.1. The average Bonchev–Trinajstić information content (AvgIpc) is 2.94. The molecule has 5 nitrogen and oxygen atoms in total. The smallest absolute Gasteiger partial charge is 0.165 e. The molecular weight excluding hydrogens is 216 g/mol. The molecule has 0 bridgehead atoms. The lowest BCUT2D eigenvalue weighted by molar-refractivity contribution is 0.357. The molecule has 2 N–H and O–H groups in total. The van der Waals surface area contributed by atoms with Crippen LogP contribution in [0.1, 0.15) is 11.1 Å². The molecule has 2 heterocycles. The van der Waals surface area contributed by atoms with Crippen molar-refractivity contribution < 1.29 is 4.74 Å². The van der Waals surface area contributed by atoms with Gasteiger partial charge in [-0.1, -0.05) is 17.3 Å². The molecule has 0 saturated carbocycles. The third-order valence-corrected chi connectivity index (χ3v) is 2.94. The number of benzene rings is 1. The highest BCUT2D eigenvalue weighted by atomic mass is 16.5. The summed E-state index contributed by atoms with van der Waals surface area (Å²) >= 11 is 0. The Labute approximate surface area is 99.2 Å². The van der Waals surface area contributed by atoms with E-state index in [9.17, 15) is 0 Å².